The van der Waals surface area contributed by atoms with Crippen molar-refractivity contribution in [3.63, 3.8) is 0 Å². The summed E-state index contributed by atoms with van der Waals surface area (Å²) >= 11 is 0. The Morgan fingerprint density at radius 1 is 0.970 bits per heavy atom. The number of H-pyrrole nitrogens is 1. The molecule has 0 saturated heterocycles. The predicted molar refractivity (Wildman–Crippen MR) is 126 cm³/mol. The molecule has 1 amide bonds. The van der Waals surface area contributed by atoms with Crippen LogP contribution < -0.4 is 4.31 Å². The Morgan fingerprint density at radius 3 is 2.42 bits per heavy atom. The van der Waals surface area contributed by atoms with E-state index in [2.05, 4.69) is 15.2 Å². The molecule has 9 heteroatoms. The maximum Gasteiger partial charge on any atom is 0.285 e. The molecule has 0 spiro atoms. The van der Waals surface area contributed by atoms with Gasteiger partial charge in [-0.15, -0.1) is 10.2 Å². The monoisotopic (exact) mass is 462 g/mol. The molecule has 0 aliphatic heterocycles. The molecule has 1 aromatic heterocycles. The van der Waals surface area contributed by atoms with Crippen molar-refractivity contribution in [1.29, 1.82) is 0 Å². The lowest BCUT2D eigenvalue weighted by Crippen LogP contribution is -2.35. The fraction of sp³-hybridized carbons (Fsp3) is 0.125. The maximum atomic E-state index is 13.4. The third-order valence-electron chi connectivity index (χ3n) is 5.10. The summed E-state index contributed by atoms with van der Waals surface area (Å²) in [6.45, 7) is 3.15. The average Bonchev–Trinajstić information content (AvgIpc) is 3.11. The molecule has 8 nitrogen and oxygen atoms in total. The van der Waals surface area contributed by atoms with Gasteiger partial charge in [0.15, 0.2) is 5.69 Å². The van der Waals surface area contributed by atoms with E-state index in [1.807, 2.05) is 19.9 Å². The molecule has 0 radical (unpaired) electrons. The van der Waals surface area contributed by atoms with Crippen molar-refractivity contribution in [2.24, 2.45) is 10.2 Å². The Bertz CT molecular complexity index is 1460. The Morgan fingerprint density at radius 2 is 1.70 bits per heavy atom. The van der Waals surface area contributed by atoms with E-state index in [1.54, 1.807) is 54.6 Å². The molecule has 2 N–H and O–H groups in total. The highest BCUT2D eigenvalue weighted by Gasteiger charge is 2.27. The first kappa shape index (κ1) is 22.2. The number of carbonyl (C=O) groups is 1. The number of nitrogens with zero attached hydrogens (tertiary/aromatic N) is 3. The standard InChI is InChI=1S/C24H22N4O4S/c1-16-10-12-19(13-11-16)33(31,32)28(18-7-5-6-17(2)14-18)15-22(29)26-27-23-20-8-3-4-9-21(20)25-24(23)30/h3-14,25,30H,15H2,1-2H3. The Labute approximate surface area is 191 Å². The van der Waals surface area contributed by atoms with Crippen LogP contribution in [0.5, 0.6) is 5.88 Å². The topological polar surface area (TPSA) is 115 Å². The zero-order chi connectivity index (χ0) is 23.6. The molecular weight excluding hydrogens is 440 g/mol. The quantitative estimate of drug-likeness (QED) is 0.393. The average molecular weight is 463 g/mol. The molecular formula is C24H22N4O4S. The number of azo groups is 1. The van der Waals surface area contributed by atoms with Gasteiger partial charge in [-0.2, -0.15) is 0 Å². The molecule has 3 aromatic carbocycles. The largest absolute Gasteiger partial charge is 0.493 e. The van der Waals surface area contributed by atoms with Crippen LogP contribution in [0.2, 0.25) is 0 Å². The van der Waals surface area contributed by atoms with Crippen LogP contribution in [0.3, 0.4) is 0 Å². The minimum absolute atomic E-state index is 0.0635. The Hall–Kier alpha value is -3.98. The van der Waals surface area contributed by atoms with Gasteiger partial charge in [0.1, 0.15) is 6.54 Å². The molecule has 0 saturated carbocycles. The molecule has 0 bridgehead atoms. The van der Waals surface area contributed by atoms with Crippen LogP contribution in [0.25, 0.3) is 10.9 Å². The second-order valence-corrected chi connectivity index (χ2v) is 9.49. The fourth-order valence-corrected chi connectivity index (χ4v) is 4.82. The molecule has 33 heavy (non-hydrogen) atoms. The molecule has 1 heterocycles. The number of amides is 1. The highest BCUT2D eigenvalue weighted by Crippen LogP contribution is 2.35. The first-order chi connectivity index (χ1) is 15.8. The highest BCUT2D eigenvalue weighted by atomic mass is 32.2. The Balaban J connectivity index is 1.68. The molecule has 0 fully saturated rings. The molecule has 0 aliphatic carbocycles. The number of aromatic hydroxyl groups is 1. The summed E-state index contributed by atoms with van der Waals surface area (Å²) in [6.07, 6.45) is 0. The summed E-state index contributed by atoms with van der Waals surface area (Å²) < 4.78 is 27.8. The Kier molecular flexibility index (Phi) is 5.97. The van der Waals surface area contributed by atoms with Gasteiger partial charge in [0.25, 0.3) is 15.9 Å². The number of anilines is 1. The number of aromatic nitrogens is 1. The minimum Gasteiger partial charge on any atom is -0.493 e. The molecule has 168 valence electrons. The summed E-state index contributed by atoms with van der Waals surface area (Å²) in [5.41, 5.74) is 2.85. The lowest BCUT2D eigenvalue weighted by Gasteiger charge is -2.23. The van der Waals surface area contributed by atoms with Crippen LogP contribution in [-0.4, -0.2) is 31.0 Å². The van der Waals surface area contributed by atoms with Gasteiger partial charge in [-0.1, -0.05) is 48.0 Å². The first-order valence-corrected chi connectivity index (χ1v) is 11.6. The van der Waals surface area contributed by atoms with Crippen molar-refractivity contribution >= 4 is 38.2 Å². The normalized spacial score (nSPS) is 11.8. The number of hydrogen-bond acceptors (Lipinski definition) is 5. The van der Waals surface area contributed by atoms with Crippen molar-refractivity contribution < 1.29 is 18.3 Å². The molecule has 4 aromatic rings. The van der Waals surface area contributed by atoms with Gasteiger partial charge >= 0.3 is 0 Å². The minimum atomic E-state index is -4.04. The van der Waals surface area contributed by atoms with Crippen molar-refractivity contribution in [1.82, 2.24) is 4.98 Å². The van der Waals surface area contributed by atoms with Crippen LogP contribution in [0.15, 0.2) is 87.9 Å². The number of fused-ring (bicyclic) bond motifs is 1. The van der Waals surface area contributed by atoms with E-state index >= 15 is 0 Å². The zero-order valence-electron chi connectivity index (χ0n) is 18.1. The number of para-hydroxylation sites is 1. The zero-order valence-corrected chi connectivity index (χ0v) is 18.9. The van der Waals surface area contributed by atoms with Gasteiger partial charge in [0, 0.05) is 5.39 Å². The molecule has 0 aliphatic rings. The predicted octanol–water partition coefficient (Wildman–Crippen LogP) is 5.00. The third kappa shape index (κ3) is 4.63. The summed E-state index contributed by atoms with van der Waals surface area (Å²) in [7, 11) is -4.04. The van der Waals surface area contributed by atoms with E-state index in [9.17, 15) is 18.3 Å². The van der Waals surface area contributed by atoms with Crippen molar-refractivity contribution in [3.8, 4) is 5.88 Å². The number of aryl methyl sites for hydroxylation is 2. The molecule has 4 rings (SSSR count). The SMILES string of the molecule is Cc1ccc(S(=O)(=O)N(CC(=O)N=Nc2c(O)[nH]c3ccccc23)c2cccc(C)c2)cc1. The summed E-state index contributed by atoms with van der Waals surface area (Å²) in [5.74, 6) is -1.01. The summed E-state index contributed by atoms with van der Waals surface area (Å²) in [4.78, 5) is 15.5. The smallest absolute Gasteiger partial charge is 0.285 e. The molecule has 0 unspecified atom stereocenters. The number of aromatic amines is 1. The van der Waals surface area contributed by atoms with Gasteiger partial charge in [-0.05, 0) is 49.7 Å². The number of carbonyl (C=O) groups excluding carboxylic acids is 1. The first-order valence-electron chi connectivity index (χ1n) is 10.2. The van der Waals surface area contributed by atoms with E-state index < -0.39 is 22.5 Å². The lowest BCUT2D eigenvalue weighted by atomic mass is 10.2. The van der Waals surface area contributed by atoms with E-state index in [-0.39, 0.29) is 16.5 Å². The van der Waals surface area contributed by atoms with Gasteiger partial charge in [0.05, 0.1) is 16.1 Å². The number of sulfonamides is 1. The van der Waals surface area contributed by atoms with Crippen molar-refractivity contribution in [2.45, 2.75) is 18.7 Å². The van der Waals surface area contributed by atoms with E-state index in [4.69, 9.17) is 0 Å². The summed E-state index contributed by atoms with van der Waals surface area (Å²) in [5, 5.41) is 18.3. The van der Waals surface area contributed by atoms with Crippen LogP contribution in [0, 0.1) is 13.8 Å². The highest BCUT2D eigenvalue weighted by molar-refractivity contribution is 7.92. The van der Waals surface area contributed by atoms with E-state index in [0.29, 0.717) is 16.6 Å². The van der Waals surface area contributed by atoms with Crippen molar-refractivity contribution in [3.05, 3.63) is 83.9 Å². The summed E-state index contributed by atoms with van der Waals surface area (Å²) in [6, 6.07) is 20.3. The van der Waals surface area contributed by atoms with Crippen LogP contribution in [0.1, 0.15) is 11.1 Å². The van der Waals surface area contributed by atoms with Gasteiger partial charge in [0.2, 0.25) is 5.88 Å². The fourth-order valence-electron chi connectivity index (χ4n) is 3.41. The van der Waals surface area contributed by atoms with Crippen LogP contribution >= 0.6 is 0 Å². The van der Waals surface area contributed by atoms with E-state index in [1.165, 1.54) is 12.1 Å². The maximum absolute atomic E-state index is 13.4. The van der Waals surface area contributed by atoms with Crippen LogP contribution in [-0.2, 0) is 14.8 Å². The second-order valence-electron chi connectivity index (χ2n) is 7.63. The number of hydrogen-bond donors (Lipinski definition) is 2. The number of benzene rings is 3. The van der Waals surface area contributed by atoms with Gasteiger partial charge in [-0.25, -0.2) is 8.42 Å². The second kappa shape index (κ2) is 8.87. The third-order valence-corrected chi connectivity index (χ3v) is 6.89. The van der Waals surface area contributed by atoms with E-state index in [0.717, 1.165) is 15.4 Å². The number of rotatable bonds is 6. The number of nitrogens with one attached hydrogen (secondary N) is 1. The van der Waals surface area contributed by atoms with Crippen LogP contribution in [0.4, 0.5) is 11.4 Å². The van der Waals surface area contributed by atoms with Gasteiger partial charge < -0.3 is 10.1 Å². The van der Waals surface area contributed by atoms with Gasteiger partial charge in [-0.3, -0.25) is 9.10 Å². The lowest BCUT2D eigenvalue weighted by molar-refractivity contribution is -0.116. The van der Waals surface area contributed by atoms with Crippen molar-refractivity contribution in [2.75, 3.05) is 10.8 Å². The molecule has 0 atom stereocenters.